The van der Waals surface area contributed by atoms with E-state index in [-0.39, 0.29) is 16.2 Å². The van der Waals surface area contributed by atoms with Gasteiger partial charge >= 0.3 is 0 Å². The van der Waals surface area contributed by atoms with Gasteiger partial charge in [0.25, 0.3) is 0 Å². The molecule has 0 saturated heterocycles. The first kappa shape index (κ1) is 29.8. The van der Waals surface area contributed by atoms with Crippen molar-refractivity contribution < 1.29 is 0 Å². The van der Waals surface area contributed by atoms with E-state index >= 15 is 0 Å². The number of nitrogens with zero attached hydrogens (tertiary/aromatic N) is 1. The molecule has 4 saturated carbocycles. The quantitative estimate of drug-likeness (QED) is 0.189. The van der Waals surface area contributed by atoms with E-state index in [2.05, 4.69) is 148 Å². The maximum atomic E-state index is 2.62. The second kappa shape index (κ2) is 10.5. The van der Waals surface area contributed by atoms with E-state index in [4.69, 9.17) is 0 Å². The van der Waals surface area contributed by atoms with Gasteiger partial charge in [0, 0.05) is 22.5 Å². The standard InChI is InChI=1S/C48H49N/c1-46(2)23-24-47(3,4)45-39(14-10-16-43(45)46)33-17-19-37(20-18-33)49(36-11-6-5-7-12-36)38-21-22-41-40-13-8-9-15-42(40)48(44(41)30-38)34-26-31-25-32(28-34)29-35(48)27-31/h5-22,30-32,34-35H,23-29H2,1-4H3. The van der Waals surface area contributed by atoms with Crippen LogP contribution in [-0.2, 0) is 16.2 Å². The smallest absolute Gasteiger partial charge is 0.0465 e. The highest BCUT2D eigenvalue weighted by molar-refractivity contribution is 5.87. The molecule has 0 amide bonds. The van der Waals surface area contributed by atoms with Gasteiger partial charge in [-0.1, -0.05) is 107 Å². The Kier molecular flexibility index (Phi) is 6.36. The van der Waals surface area contributed by atoms with Gasteiger partial charge < -0.3 is 4.90 Å². The monoisotopic (exact) mass is 639 g/mol. The number of fused-ring (bicyclic) bond motifs is 4. The largest absolute Gasteiger partial charge is 0.310 e. The molecule has 49 heavy (non-hydrogen) atoms. The van der Waals surface area contributed by atoms with Crippen molar-refractivity contribution in [3.63, 3.8) is 0 Å². The third-order valence-corrected chi connectivity index (χ3v) is 14.1. The molecule has 0 N–H and O–H groups in total. The first-order valence-electron chi connectivity index (χ1n) is 19.1. The van der Waals surface area contributed by atoms with Crippen LogP contribution in [0.25, 0.3) is 22.3 Å². The van der Waals surface area contributed by atoms with Crippen molar-refractivity contribution in [2.75, 3.05) is 4.90 Å². The molecular formula is C48H49N. The van der Waals surface area contributed by atoms with Gasteiger partial charge in [0.05, 0.1) is 0 Å². The zero-order valence-corrected chi connectivity index (χ0v) is 29.7. The summed E-state index contributed by atoms with van der Waals surface area (Å²) in [5.74, 6) is 3.41. The predicted octanol–water partition coefficient (Wildman–Crippen LogP) is 12.9. The van der Waals surface area contributed by atoms with Gasteiger partial charge in [-0.05, 0) is 160 Å². The summed E-state index contributed by atoms with van der Waals surface area (Å²) in [7, 11) is 0. The topological polar surface area (TPSA) is 3.24 Å². The molecule has 0 atom stereocenters. The van der Waals surface area contributed by atoms with E-state index < -0.39 is 0 Å². The minimum Gasteiger partial charge on any atom is -0.310 e. The Morgan fingerprint density at radius 3 is 1.78 bits per heavy atom. The van der Waals surface area contributed by atoms with Crippen molar-refractivity contribution in [2.24, 2.45) is 23.7 Å². The third-order valence-electron chi connectivity index (χ3n) is 14.1. The van der Waals surface area contributed by atoms with Crippen LogP contribution in [0.2, 0.25) is 0 Å². The summed E-state index contributed by atoms with van der Waals surface area (Å²) in [6.45, 7) is 9.74. The van der Waals surface area contributed by atoms with Gasteiger partial charge in [0.1, 0.15) is 0 Å². The predicted molar refractivity (Wildman–Crippen MR) is 205 cm³/mol. The van der Waals surface area contributed by atoms with E-state index in [1.165, 1.54) is 95.4 Å². The molecule has 0 radical (unpaired) electrons. The average Bonchev–Trinajstić information content (AvgIpc) is 3.40. The lowest BCUT2D eigenvalue weighted by atomic mass is 9.43. The molecule has 0 unspecified atom stereocenters. The summed E-state index contributed by atoms with van der Waals surface area (Å²) < 4.78 is 0. The highest BCUT2D eigenvalue weighted by Gasteiger charge is 2.61. The second-order valence-corrected chi connectivity index (χ2v) is 17.7. The minimum atomic E-state index is 0.159. The Morgan fingerprint density at radius 2 is 1.04 bits per heavy atom. The molecule has 1 spiro atoms. The maximum absolute atomic E-state index is 2.62. The SMILES string of the molecule is CC1(C)CCC(C)(C)c2c(-c3ccc(N(c4ccccc4)c4ccc5c(c4)C4(c6ccccc6-5)C5CC6CC(C5)CC4C6)cc3)cccc21. The van der Waals surface area contributed by atoms with E-state index in [0.29, 0.717) is 0 Å². The van der Waals surface area contributed by atoms with Crippen LogP contribution < -0.4 is 4.90 Å². The van der Waals surface area contributed by atoms with Gasteiger partial charge in [-0.25, -0.2) is 0 Å². The number of hydrogen-bond acceptors (Lipinski definition) is 1. The number of anilines is 3. The molecule has 1 heteroatoms. The molecule has 4 bridgehead atoms. The first-order valence-corrected chi connectivity index (χ1v) is 19.1. The Bertz CT molecular complexity index is 2050. The van der Waals surface area contributed by atoms with Crippen molar-refractivity contribution in [2.45, 2.75) is 88.9 Å². The molecule has 246 valence electrons. The summed E-state index contributed by atoms with van der Waals surface area (Å²) in [6.07, 6.45) is 9.57. The van der Waals surface area contributed by atoms with Crippen LogP contribution >= 0.6 is 0 Å². The summed E-state index contributed by atoms with van der Waals surface area (Å²) in [5, 5.41) is 0. The fourth-order valence-electron chi connectivity index (χ4n) is 12.1. The van der Waals surface area contributed by atoms with Crippen molar-refractivity contribution >= 4 is 17.1 Å². The Hall–Kier alpha value is -4.10. The summed E-state index contributed by atoms with van der Waals surface area (Å²) in [4.78, 5) is 2.50. The van der Waals surface area contributed by atoms with Crippen LogP contribution in [-0.4, -0.2) is 0 Å². The molecule has 0 aromatic heterocycles. The number of hydrogen-bond donors (Lipinski definition) is 0. The average molecular weight is 640 g/mol. The molecule has 5 aromatic carbocycles. The Morgan fingerprint density at radius 1 is 0.469 bits per heavy atom. The van der Waals surface area contributed by atoms with E-state index in [0.717, 1.165) is 23.7 Å². The zero-order chi connectivity index (χ0) is 33.1. The molecule has 1 nitrogen and oxygen atoms in total. The summed E-state index contributed by atoms with van der Waals surface area (Å²) >= 11 is 0. The molecule has 11 rings (SSSR count). The van der Waals surface area contributed by atoms with Crippen LogP contribution in [0.5, 0.6) is 0 Å². The fourth-order valence-corrected chi connectivity index (χ4v) is 12.1. The fraction of sp³-hybridized carbons (Fsp3) is 0.375. The summed E-state index contributed by atoms with van der Waals surface area (Å²) in [5.41, 5.74) is 16.2. The van der Waals surface area contributed by atoms with Crippen LogP contribution in [0.4, 0.5) is 17.1 Å². The number of benzene rings is 5. The Balaban J connectivity index is 1.11. The van der Waals surface area contributed by atoms with Crippen LogP contribution in [0.3, 0.4) is 0 Å². The molecule has 0 heterocycles. The number of para-hydroxylation sites is 1. The number of rotatable bonds is 4. The van der Waals surface area contributed by atoms with Gasteiger partial charge in [0.15, 0.2) is 0 Å². The molecule has 0 aliphatic heterocycles. The van der Waals surface area contributed by atoms with E-state index in [1.807, 2.05) is 0 Å². The van der Waals surface area contributed by atoms with Gasteiger partial charge in [-0.3, -0.25) is 0 Å². The highest BCUT2D eigenvalue weighted by atomic mass is 15.1. The van der Waals surface area contributed by atoms with Gasteiger partial charge in [-0.15, -0.1) is 0 Å². The second-order valence-electron chi connectivity index (χ2n) is 17.7. The first-order chi connectivity index (χ1) is 23.7. The van der Waals surface area contributed by atoms with Crippen LogP contribution in [0, 0.1) is 23.7 Å². The van der Waals surface area contributed by atoms with Crippen LogP contribution in [0.1, 0.15) is 94.9 Å². The van der Waals surface area contributed by atoms with Gasteiger partial charge in [0.2, 0.25) is 0 Å². The van der Waals surface area contributed by atoms with Gasteiger partial charge in [-0.2, -0.15) is 0 Å². The van der Waals surface area contributed by atoms with Crippen molar-refractivity contribution in [3.8, 4) is 22.3 Å². The molecule has 4 fully saturated rings. The zero-order valence-electron chi connectivity index (χ0n) is 29.7. The lowest BCUT2D eigenvalue weighted by Gasteiger charge is -2.61. The summed E-state index contributed by atoms with van der Waals surface area (Å²) in [6, 6.07) is 44.5. The Labute approximate surface area is 293 Å². The van der Waals surface area contributed by atoms with Crippen molar-refractivity contribution in [1.82, 2.24) is 0 Å². The van der Waals surface area contributed by atoms with E-state index in [9.17, 15) is 0 Å². The molecule has 6 aliphatic carbocycles. The van der Waals surface area contributed by atoms with Crippen molar-refractivity contribution in [3.05, 3.63) is 138 Å². The normalized spacial score (nSPS) is 27.8. The minimum absolute atomic E-state index is 0.159. The van der Waals surface area contributed by atoms with E-state index in [1.54, 1.807) is 11.1 Å². The third kappa shape index (κ3) is 4.24. The van der Waals surface area contributed by atoms with Crippen LogP contribution in [0.15, 0.2) is 115 Å². The highest BCUT2D eigenvalue weighted by Crippen LogP contribution is 2.69. The maximum Gasteiger partial charge on any atom is 0.0465 e. The van der Waals surface area contributed by atoms with Crippen molar-refractivity contribution in [1.29, 1.82) is 0 Å². The lowest BCUT2D eigenvalue weighted by Crippen LogP contribution is -2.55. The molecule has 5 aromatic rings. The molecular weight excluding hydrogens is 591 g/mol. The molecule has 6 aliphatic rings. The lowest BCUT2D eigenvalue weighted by molar-refractivity contribution is -0.0399.